The molecule has 1 unspecified atom stereocenters. The molecule has 0 spiro atoms. The predicted molar refractivity (Wildman–Crippen MR) is 252 cm³/mol. The quantitative estimate of drug-likeness (QED) is 0.0263. The molecule has 0 saturated carbocycles. The van der Waals surface area contributed by atoms with Crippen LogP contribution in [0.25, 0.3) is 0 Å². The number of ether oxygens (including phenoxy) is 3. The lowest BCUT2D eigenvalue weighted by Gasteiger charge is -2.18. The van der Waals surface area contributed by atoms with E-state index in [-0.39, 0.29) is 31.1 Å². The van der Waals surface area contributed by atoms with Gasteiger partial charge in [-0.1, -0.05) is 212 Å². The van der Waals surface area contributed by atoms with Gasteiger partial charge in [-0.3, -0.25) is 14.4 Å². The average Bonchev–Trinajstić information content (AvgIpc) is 3.23. The van der Waals surface area contributed by atoms with Crippen molar-refractivity contribution in [3.63, 3.8) is 0 Å². The van der Waals surface area contributed by atoms with Gasteiger partial charge in [-0.05, 0) is 70.6 Å². The third kappa shape index (κ3) is 46.8. The van der Waals surface area contributed by atoms with Crippen LogP contribution in [0, 0.1) is 0 Å². The van der Waals surface area contributed by atoms with Gasteiger partial charge in [0, 0.05) is 19.3 Å². The van der Waals surface area contributed by atoms with Crippen molar-refractivity contribution < 1.29 is 28.6 Å². The third-order valence-corrected chi connectivity index (χ3v) is 11.4. The summed E-state index contributed by atoms with van der Waals surface area (Å²) in [6, 6.07) is 0. The lowest BCUT2D eigenvalue weighted by molar-refractivity contribution is -0.167. The van der Waals surface area contributed by atoms with E-state index in [9.17, 15) is 14.4 Å². The molecule has 0 aliphatic carbocycles. The number of carbonyl (C=O) groups is 3. The second-order valence-corrected chi connectivity index (χ2v) is 17.4. The van der Waals surface area contributed by atoms with Crippen molar-refractivity contribution in [2.75, 3.05) is 13.2 Å². The fourth-order valence-corrected chi connectivity index (χ4v) is 7.49. The van der Waals surface area contributed by atoms with Crippen LogP contribution in [-0.4, -0.2) is 37.2 Å². The molecule has 6 heteroatoms. The number of hydrogen-bond acceptors (Lipinski definition) is 6. The van der Waals surface area contributed by atoms with Gasteiger partial charge in [0.25, 0.3) is 0 Å². The van der Waals surface area contributed by atoms with Crippen molar-refractivity contribution in [2.24, 2.45) is 0 Å². The van der Waals surface area contributed by atoms with Gasteiger partial charge in [0.05, 0.1) is 0 Å². The van der Waals surface area contributed by atoms with Crippen molar-refractivity contribution in [1.29, 1.82) is 0 Å². The average molecular weight is 831 g/mol. The summed E-state index contributed by atoms with van der Waals surface area (Å²) in [5.74, 6) is -0.879. The van der Waals surface area contributed by atoms with Crippen LogP contribution in [0.15, 0.2) is 24.3 Å². The SMILES string of the molecule is CCCCC/C=C\CCCCCCCC(=O)OCC(COC(=O)CCCCCCC/C=C\CCCCCCCCC)OC(=O)CCCCCCCCCCCCCCC. The molecule has 0 amide bonds. The van der Waals surface area contributed by atoms with Crippen LogP contribution in [0.2, 0.25) is 0 Å². The van der Waals surface area contributed by atoms with E-state index in [0.717, 1.165) is 70.6 Å². The van der Waals surface area contributed by atoms with Gasteiger partial charge < -0.3 is 14.2 Å². The molecular formula is C53H98O6. The Bertz CT molecular complexity index is 958. The van der Waals surface area contributed by atoms with Crippen LogP contribution < -0.4 is 0 Å². The van der Waals surface area contributed by atoms with Gasteiger partial charge in [-0.2, -0.15) is 0 Å². The molecule has 0 rings (SSSR count). The van der Waals surface area contributed by atoms with E-state index in [1.807, 2.05) is 0 Å². The summed E-state index contributed by atoms with van der Waals surface area (Å²) in [6.07, 6.45) is 54.4. The van der Waals surface area contributed by atoms with E-state index in [1.54, 1.807) is 0 Å². The fourth-order valence-electron chi connectivity index (χ4n) is 7.49. The Morgan fingerprint density at radius 1 is 0.322 bits per heavy atom. The van der Waals surface area contributed by atoms with Gasteiger partial charge in [-0.15, -0.1) is 0 Å². The number of carbonyl (C=O) groups excluding carboxylic acids is 3. The summed E-state index contributed by atoms with van der Waals surface area (Å²) >= 11 is 0. The zero-order valence-electron chi connectivity index (χ0n) is 39.5. The molecule has 0 aromatic rings. The molecule has 0 aliphatic heterocycles. The molecule has 0 radical (unpaired) electrons. The van der Waals surface area contributed by atoms with Crippen molar-refractivity contribution in [1.82, 2.24) is 0 Å². The van der Waals surface area contributed by atoms with Gasteiger partial charge >= 0.3 is 17.9 Å². The summed E-state index contributed by atoms with van der Waals surface area (Å²) in [5, 5.41) is 0. The van der Waals surface area contributed by atoms with E-state index in [2.05, 4.69) is 45.1 Å². The minimum absolute atomic E-state index is 0.0747. The molecule has 59 heavy (non-hydrogen) atoms. The molecule has 0 fully saturated rings. The zero-order valence-corrected chi connectivity index (χ0v) is 39.5. The topological polar surface area (TPSA) is 78.9 Å². The van der Waals surface area contributed by atoms with E-state index in [1.165, 1.54) is 167 Å². The highest BCUT2D eigenvalue weighted by Crippen LogP contribution is 2.15. The number of allylic oxidation sites excluding steroid dienone is 4. The first-order chi connectivity index (χ1) is 29.0. The summed E-state index contributed by atoms with van der Waals surface area (Å²) in [5.41, 5.74) is 0. The molecule has 0 N–H and O–H groups in total. The molecule has 0 aromatic heterocycles. The highest BCUT2D eigenvalue weighted by atomic mass is 16.6. The maximum Gasteiger partial charge on any atom is 0.306 e. The van der Waals surface area contributed by atoms with Crippen molar-refractivity contribution >= 4 is 17.9 Å². The van der Waals surface area contributed by atoms with Gasteiger partial charge in [0.15, 0.2) is 6.10 Å². The maximum absolute atomic E-state index is 12.8. The first kappa shape index (κ1) is 56.9. The molecule has 346 valence electrons. The van der Waals surface area contributed by atoms with Crippen LogP contribution in [0.3, 0.4) is 0 Å². The summed E-state index contributed by atoms with van der Waals surface area (Å²) in [4.78, 5) is 37.9. The van der Waals surface area contributed by atoms with Gasteiger partial charge in [0.2, 0.25) is 0 Å². The first-order valence-corrected chi connectivity index (χ1v) is 25.8. The zero-order chi connectivity index (χ0) is 43.0. The Labute approximate surface area is 366 Å². The minimum Gasteiger partial charge on any atom is -0.462 e. The predicted octanol–water partition coefficient (Wildman–Crippen LogP) is 16.8. The van der Waals surface area contributed by atoms with Crippen LogP contribution in [0.1, 0.15) is 278 Å². The molecular weight excluding hydrogens is 733 g/mol. The van der Waals surface area contributed by atoms with E-state index < -0.39 is 6.10 Å². The van der Waals surface area contributed by atoms with E-state index in [4.69, 9.17) is 14.2 Å². The smallest absolute Gasteiger partial charge is 0.306 e. The Hall–Kier alpha value is -2.11. The second kappa shape index (κ2) is 48.6. The number of unbranched alkanes of at least 4 members (excludes halogenated alkanes) is 32. The molecule has 0 aliphatic rings. The number of hydrogen-bond donors (Lipinski definition) is 0. The number of esters is 3. The third-order valence-electron chi connectivity index (χ3n) is 11.4. The second-order valence-electron chi connectivity index (χ2n) is 17.4. The highest BCUT2D eigenvalue weighted by molar-refractivity contribution is 5.71. The Morgan fingerprint density at radius 3 is 0.881 bits per heavy atom. The number of rotatable bonds is 47. The van der Waals surface area contributed by atoms with Crippen LogP contribution >= 0.6 is 0 Å². The largest absolute Gasteiger partial charge is 0.462 e. The lowest BCUT2D eigenvalue weighted by Crippen LogP contribution is -2.30. The van der Waals surface area contributed by atoms with Gasteiger partial charge in [0.1, 0.15) is 13.2 Å². The Kier molecular flexibility index (Phi) is 46.8. The molecule has 0 heterocycles. The molecule has 0 bridgehead atoms. The highest BCUT2D eigenvalue weighted by Gasteiger charge is 2.19. The standard InChI is InChI=1S/C53H98O6/c1-4-7-10-13-16-19-22-25-26-27-29-31-34-37-40-43-46-52(55)58-49-50(48-57-51(54)45-42-39-36-33-30-24-21-18-15-12-9-6-3)59-53(56)47-44-41-38-35-32-28-23-20-17-14-11-8-5-2/h18,21,26-27,50H,4-17,19-20,22-25,28-49H2,1-3H3/b21-18-,27-26-. The van der Waals surface area contributed by atoms with Crippen molar-refractivity contribution in [3.05, 3.63) is 24.3 Å². The van der Waals surface area contributed by atoms with E-state index >= 15 is 0 Å². The molecule has 6 nitrogen and oxygen atoms in total. The van der Waals surface area contributed by atoms with E-state index in [0.29, 0.717) is 19.3 Å². The fraction of sp³-hybridized carbons (Fsp3) is 0.868. The summed E-state index contributed by atoms with van der Waals surface area (Å²) < 4.78 is 16.8. The molecule has 1 atom stereocenters. The van der Waals surface area contributed by atoms with Crippen molar-refractivity contribution in [2.45, 2.75) is 284 Å². The van der Waals surface area contributed by atoms with Crippen LogP contribution in [-0.2, 0) is 28.6 Å². The van der Waals surface area contributed by atoms with Crippen LogP contribution in [0.4, 0.5) is 0 Å². The minimum atomic E-state index is -0.772. The Balaban J connectivity index is 4.35. The first-order valence-electron chi connectivity index (χ1n) is 25.8. The normalized spacial score (nSPS) is 12.1. The maximum atomic E-state index is 12.8. The van der Waals surface area contributed by atoms with Gasteiger partial charge in [-0.25, -0.2) is 0 Å². The Morgan fingerprint density at radius 2 is 0.559 bits per heavy atom. The summed E-state index contributed by atoms with van der Waals surface area (Å²) in [7, 11) is 0. The monoisotopic (exact) mass is 831 g/mol. The molecule has 0 aromatic carbocycles. The lowest BCUT2D eigenvalue weighted by atomic mass is 10.0. The van der Waals surface area contributed by atoms with Crippen molar-refractivity contribution in [3.8, 4) is 0 Å². The summed E-state index contributed by atoms with van der Waals surface area (Å²) in [6.45, 7) is 6.62. The van der Waals surface area contributed by atoms with Crippen LogP contribution in [0.5, 0.6) is 0 Å². The molecule has 0 saturated heterocycles.